The molecule has 0 radical (unpaired) electrons. The Bertz CT molecular complexity index is 132. The van der Waals surface area contributed by atoms with Crippen LogP contribution in [0.1, 0.15) is 44.9 Å². The summed E-state index contributed by atoms with van der Waals surface area (Å²) in [6.07, 6.45) is 10.4. The molecule has 2 nitrogen and oxygen atoms in total. The first-order valence-corrected chi connectivity index (χ1v) is 5.88. The van der Waals surface area contributed by atoms with E-state index < -0.39 is 0 Å². The minimum absolute atomic E-state index is 0. The Balaban J connectivity index is 0.00000169. The lowest BCUT2D eigenvalue weighted by molar-refractivity contribution is -0.874. The zero-order valence-electron chi connectivity index (χ0n) is 10.1. The minimum atomic E-state index is 0. The van der Waals surface area contributed by atoms with Crippen LogP contribution in [0.5, 0.6) is 0 Å². The van der Waals surface area contributed by atoms with Gasteiger partial charge < -0.3 is 9.96 Å². The molecule has 0 aliphatic heterocycles. The third-order valence-corrected chi connectivity index (χ3v) is 3.03. The van der Waals surface area contributed by atoms with E-state index in [2.05, 4.69) is 21.1 Å². The molecule has 1 aliphatic carbocycles. The molecule has 0 aromatic carbocycles. The van der Waals surface area contributed by atoms with Gasteiger partial charge in [0.1, 0.15) is 0 Å². The lowest BCUT2D eigenvalue weighted by Crippen LogP contribution is -2.39. The van der Waals surface area contributed by atoms with Crippen LogP contribution in [0.4, 0.5) is 0 Å². The Labute approximate surface area is 89.2 Å². The van der Waals surface area contributed by atoms with E-state index in [1.165, 1.54) is 51.5 Å². The van der Waals surface area contributed by atoms with Gasteiger partial charge in [0, 0.05) is 5.92 Å². The molecule has 0 bridgehead atoms. The van der Waals surface area contributed by atoms with Gasteiger partial charge in [-0.3, -0.25) is 0 Å². The van der Waals surface area contributed by atoms with E-state index >= 15 is 0 Å². The fourth-order valence-corrected chi connectivity index (χ4v) is 2.50. The monoisotopic (exact) mass is 201 g/mol. The van der Waals surface area contributed by atoms with Crippen molar-refractivity contribution in [2.75, 3.05) is 27.7 Å². The van der Waals surface area contributed by atoms with Crippen LogP contribution in [-0.2, 0) is 0 Å². The van der Waals surface area contributed by atoms with Gasteiger partial charge in [-0.1, -0.05) is 32.1 Å². The fraction of sp³-hybridized carbons (Fsp3) is 1.00. The lowest BCUT2D eigenvalue weighted by Gasteiger charge is -2.30. The quantitative estimate of drug-likeness (QED) is 0.632. The maximum atomic E-state index is 2.32. The summed E-state index contributed by atoms with van der Waals surface area (Å²) < 4.78 is 1.14. The summed E-state index contributed by atoms with van der Waals surface area (Å²) in [5.74, 6) is 1.00. The molecule has 0 aromatic heterocycles. The normalized spacial score (nSPS) is 20.8. The zero-order valence-corrected chi connectivity index (χ0v) is 10.1. The highest BCUT2D eigenvalue weighted by atomic mass is 16.0. The first-order valence-electron chi connectivity index (χ1n) is 5.88. The second-order valence-electron chi connectivity index (χ2n) is 5.68. The summed E-state index contributed by atoms with van der Waals surface area (Å²) in [4.78, 5) is 0. The molecular formula is C12H27NO. The van der Waals surface area contributed by atoms with E-state index in [1.807, 2.05) is 0 Å². The van der Waals surface area contributed by atoms with Crippen LogP contribution in [0.15, 0.2) is 0 Å². The summed E-state index contributed by atoms with van der Waals surface area (Å²) in [5.41, 5.74) is 0. The standard InChI is InChI=1S/C12H26N.H2O/c1-13(2,3)11-12-9-7-5-4-6-8-10-12;/h12H,4-11H2,1-3H3;1H2/q+1;/p-1. The number of quaternary nitrogens is 1. The summed E-state index contributed by atoms with van der Waals surface area (Å²) in [5, 5.41) is 0. The number of nitrogens with zero attached hydrogens (tertiary/aromatic N) is 1. The highest BCUT2D eigenvalue weighted by Gasteiger charge is 2.18. The van der Waals surface area contributed by atoms with Gasteiger partial charge in [-0.2, -0.15) is 0 Å². The molecule has 0 atom stereocenters. The molecular weight excluding hydrogens is 174 g/mol. The van der Waals surface area contributed by atoms with E-state index in [9.17, 15) is 0 Å². The minimum Gasteiger partial charge on any atom is -0.870 e. The molecule has 14 heavy (non-hydrogen) atoms. The first kappa shape index (κ1) is 13.9. The van der Waals surface area contributed by atoms with Crippen molar-refractivity contribution >= 4 is 0 Å². The number of hydrogen-bond acceptors (Lipinski definition) is 1. The van der Waals surface area contributed by atoms with Gasteiger partial charge in [0.15, 0.2) is 0 Å². The van der Waals surface area contributed by atoms with Crippen molar-refractivity contribution in [2.45, 2.75) is 44.9 Å². The predicted molar refractivity (Wildman–Crippen MR) is 60.6 cm³/mol. The SMILES string of the molecule is C[N+](C)(C)CC1CCCCCCC1.[OH-]. The Morgan fingerprint density at radius 3 is 1.71 bits per heavy atom. The molecule has 0 unspecified atom stereocenters. The zero-order chi connectivity index (χ0) is 9.73. The molecule has 1 fully saturated rings. The highest BCUT2D eigenvalue weighted by molar-refractivity contribution is 4.62. The maximum absolute atomic E-state index is 2.32. The second kappa shape index (κ2) is 6.41. The Kier molecular flexibility index (Phi) is 6.38. The van der Waals surface area contributed by atoms with Crippen molar-refractivity contribution in [3.05, 3.63) is 0 Å². The van der Waals surface area contributed by atoms with E-state index in [1.54, 1.807) is 0 Å². The molecule has 0 amide bonds. The Morgan fingerprint density at radius 1 is 0.857 bits per heavy atom. The third kappa shape index (κ3) is 6.39. The number of hydrogen-bond donors (Lipinski definition) is 0. The summed E-state index contributed by atoms with van der Waals surface area (Å²) in [7, 11) is 6.95. The van der Waals surface area contributed by atoms with Gasteiger partial charge in [-0.15, -0.1) is 0 Å². The van der Waals surface area contributed by atoms with Crippen LogP contribution in [0, 0.1) is 5.92 Å². The molecule has 1 rings (SSSR count). The van der Waals surface area contributed by atoms with Gasteiger partial charge in [0.2, 0.25) is 0 Å². The Hall–Kier alpha value is -0.0800. The maximum Gasteiger partial charge on any atom is 0.0809 e. The van der Waals surface area contributed by atoms with Crippen LogP contribution in [-0.4, -0.2) is 37.6 Å². The summed E-state index contributed by atoms with van der Waals surface area (Å²) in [6.45, 7) is 1.38. The van der Waals surface area contributed by atoms with Crippen LogP contribution >= 0.6 is 0 Å². The first-order chi connectivity index (χ1) is 6.08. The van der Waals surface area contributed by atoms with E-state index in [4.69, 9.17) is 0 Å². The van der Waals surface area contributed by atoms with Crippen LogP contribution in [0.2, 0.25) is 0 Å². The fourth-order valence-electron chi connectivity index (χ4n) is 2.50. The molecule has 0 heterocycles. The molecule has 0 saturated heterocycles. The topological polar surface area (TPSA) is 30.0 Å². The van der Waals surface area contributed by atoms with Crippen molar-refractivity contribution in [3.63, 3.8) is 0 Å². The largest absolute Gasteiger partial charge is 0.870 e. The van der Waals surface area contributed by atoms with Crippen LogP contribution in [0.25, 0.3) is 0 Å². The molecule has 1 saturated carbocycles. The van der Waals surface area contributed by atoms with Crippen molar-refractivity contribution in [1.29, 1.82) is 0 Å². The molecule has 86 valence electrons. The van der Waals surface area contributed by atoms with Gasteiger partial charge in [-0.05, 0) is 12.8 Å². The van der Waals surface area contributed by atoms with Crippen molar-refractivity contribution < 1.29 is 9.96 Å². The summed E-state index contributed by atoms with van der Waals surface area (Å²) in [6, 6.07) is 0. The number of rotatable bonds is 2. The molecule has 0 aromatic rings. The molecule has 2 heteroatoms. The van der Waals surface area contributed by atoms with Crippen molar-refractivity contribution in [2.24, 2.45) is 5.92 Å². The van der Waals surface area contributed by atoms with Gasteiger partial charge in [0.25, 0.3) is 0 Å². The molecule has 0 spiro atoms. The smallest absolute Gasteiger partial charge is 0.0809 e. The molecule has 1 N–H and O–H groups in total. The van der Waals surface area contributed by atoms with Gasteiger partial charge in [0.05, 0.1) is 27.7 Å². The third-order valence-electron chi connectivity index (χ3n) is 3.03. The van der Waals surface area contributed by atoms with E-state index in [0.717, 1.165) is 10.4 Å². The molecule has 1 aliphatic rings. The average molecular weight is 201 g/mol. The van der Waals surface area contributed by atoms with Gasteiger partial charge >= 0.3 is 0 Å². The second-order valence-corrected chi connectivity index (χ2v) is 5.68. The summed E-state index contributed by atoms with van der Waals surface area (Å²) >= 11 is 0. The van der Waals surface area contributed by atoms with E-state index in [0.29, 0.717) is 0 Å². The van der Waals surface area contributed by atoms with E-state index in [-0.39, 0.29) is 5.48 Å². The Morgan fingerprint density at radius 2 is 1.29 bits per heavy atom. The van der Waals surface area contributed by atoms with Crippen molar-refractivity contribution in [1.82, 2.24) is 0 Å². The van der Waals surface area contributed by atoms with Crippen LogP contribution in [0.3, 0.4) is 0 Å². The average Bonchev–Trinajstić information content (AvgIpc) is 1.92. The van der Waals surface area contributed by atoms with Crippen molar-refractivity contribution in [3.8, 4) is 0 Å². The van der Waals surface area contributed by atoms with Gasteiger partial charge in [-0.25, -0.2) is 0 Å². The van der Waals surface area contributed by atoms with Crippen LogP contribution < -0.4 is 0 Å². The highest BCUT2D eigenvalue weighted by Crippen LogP contribution is 2.23. The predicted octanol–water partition coefficient (Wildman–Crippen LogP) is 2.88. The lowest BCUT2D eigenvalue weighted by atomic mass is 9.90.